The van der Waals surface area contributed by atoms with Gasteiger partial charge in [-0.25, -0.2) is 4.79 Å². The average Bonchev–Trinajstić information content (AvgIpc) is 3.00. The second kappa shape index (κ2) is 4.47. The molecule has 4 nitrogen and oxygen atoms in total. The van der Waals surface area contributed by atoms with Crippen molar-refractivity contribution in [2.45, 2.75) is 19.3 Å². The highest BCUT2D eigenvalue weighted by molar-refractivity contribution is 5.95. The zero-order chi connectivity index (χ0) is 14.3. The second-order valence-corrected chi connectivity index (χ2v) is 5.52. The van der Waals surface area contributed by atoms with Crippen LogP contribution in [0.2, 0.25) is 0 Å². The molecule has 0 aromatic heterocycles. The van der Waals surface area contributed by atoms with Gasteiger partial charge in [-0.05, 0) is 36.1 Å². The van der Waals surface area contributed by atoms with Crippen molar-refractivity contribution in [3.8, 4) is 0 Å². The lowest BCUT2D eigenvalue weighted by Crippen LogP contribution is -2.30. The van der Waals surface area contributed by atoms with Gasteiger partial charge in [0.2, 0.25) is 0 Å². The normalized spacial score (nSPS) is 28.0. The molecule has 0 spiro atoms. The SMILES string of the molecule is C=C(c1ccc(C(=O)O)cc1)C12CCCC1COC2=O. The Hall–Kier alpha value is -2.10. The number of carboxylic acid groups (broad SMARTS) is 1. The van der Waals surface area contributed by atoms with E-state index in [4.69, 9.17) is 9.84 Å². The zero-order valence-electron chi connectivity index (χ0n) is 11.1. The van der Waals surface area contributed by atoms with E-state index >= 15 is 0 Å². The summed E-state index contributed by atoms with van der Waals surface area (Å²) in [6, 6.07) is 6.54. The Kier molecular flexibility index (Phi) is 2.89. The Morgan fingerprint density at radius 1 is 1.30 bits per heavy atom. The number of hydrogen-bond acceptors (Lipinski definition) is 3. The lowest BCUT2D eigenvalue weighted by molar-refractivity contribution is -0.143. The summed E-state index contributed by atoms with van der Waals surface area (Å²) in [5, 5.41) is 8.92. The fourth-order valence-electron chi connectivity index (χ4n) is 3.47. The van der Waals surface area contributed by atoms with Crippen LogP contribution in [-0.4, -0.2) is 23.7 Å². The number of rotatable bonds is 3. The first-order chi connectivity index (χ1) is 9.55. The standard InChI is InChI=1S/C16H16O4/c1-10(11-4-6-12(7-5-11)14(17)18)16-8-2-3-13(16)9-20-15(16)19/h4-7,13H,1-3,8-9H2,(H,17,18). The molecule has 20 heavy (non-hydrogen) atoms. The molecule has 104 valence electrons. The maximum atomic E-state index is 12.2. The van der Waals surface area contributed by atoms with Crippen LogP contribution >= 0.6 is 0 Å². The largest absolute Gasteiger partial charge is 0.478 e. The molecule has 1 heterocycles. The third-order valence-corrected chi connectivity index (χ3v) is 4.62. The number of hydrogen-bond donors (Lipinski definition) is 1. The first-order valence-electron chi connectivity index (χ1n) is 6.76. The molecular weight excluding hydrogens is 256 g/mol. The van der Waals surface area contributed by atoms with Crippen LogP contribution in [0.15, 0.2) is 30.8 Å². The van der Waals surface area contributed by atoms with Gasteiger partial charge >= 0.3 is 11.9 Å². The number of benzene rings is 1. The van der Waals surface area contributed by atoms with Gasteiger partial charge in [-0.15, -0.1) is 0 Å². The molecule has 1 aromatic carbocycles. The van der Waals surface area contributed by atoms with Crippen LogP contribution < -0.4 is 0 Å². The van der Waals surface area contributed by atoms with Gasteiger partial charge in [-0.2, -0.15) is 0 Å². The third-order valence-electron chi connectivity index (χ3n) is 4.62. The summed E-state index contributed by atoms with van der Waals surface area (Å²) in [7, 11) is 0. The molecule has 2 aliphatic rings. The maximum absolute atomic E-state index is 12.2. The van der Waals surface area contributed by atoms with Crippen LogP contribution in [-0.2, 0) is 9.53 Å². The van der Waals surface area contributed by atoms with Crippen molar-refractivity contribution in [3.63, 3.8) is 0 Å². The minimum Gasteiger partial charge on any atom is -0.478 e. The first kappa shape index (κ1) is 12.9. The molecular formula is C16H16O4. The van der Waals surface area contributed by atoms with Crippen molar-refractivity contribution in [1.82, 2.24) is 0 Å². The topological polar surface area (TPSA) is 63.6 Å². The maximum Gasteiger partial charge on any atom is 0.335 e. The molecule has 0 bridgehead atoms. The van der Waals surface area contributed by atoms with Crippen molar-refractivity contribution in [3.05, 3.63) is 42.0 Å². The van der Waals surface area contributed by atoms with E-state index in [-0.39, 0.29) is 17.5 Å². The summed E-state index contributed by atoms with van der Waals surface area (Å²) in [6.45, 7) is 4.59. The minimum absolute atomic E-state index is 0.174. The second-order valence-electron chi connectivity index (χ2n) is 5.52. The summed E-state index contributed by atoms with van der Waals surface area (Å²) >= 11 is 0. The quantitative estimate of drug-likeness (QED) is 0.859. The Balaban J connectivity index is 1.95. The Morgan fingerprint density at radius 2 is 1.95 bits per heavy atom. The van der Waals surface area contributed by atoms with Gasteiger partial charge in [0.15, 0.2) is 0 Å². The van der Waals surface area contributed by atoms with Gasteiger partial charge in [0, 0.05) is 5.92 Å². The fraction of sp³-hybridized carbons (Fsp3) is 0.375. The van der Waals surface area contributed by atoms with Crippen molar-refractivity contribution >= 4 is 17.5 Å². The average molecular weight is 272 g/mol. The van der Waals surface area contributed by atoms with Crippen molar-refractivity contribution < 1.29 is 19.4 Å². The summed E-state index contributed by atoms with van der Waals surface area (Å²) < 4.78 is 5.23. The molecule has 1 aromatic rings. The predicted molar refractivity (Wildman–Crippen MR) is 73.2 cm³/mol. The Morgan fingerprint density at radius 3 is 2.60 bits per heavy atom. The van der Waals surface area contributed by atoms with E-state index in [1.165, 1.54) is 0 Å². The highest BCUT2D eigenvalue weighted by Crippen LogP contribution is 2.55. The van der Waals surface area contributed by atoms with Crippen molar-refractivity contribution in [2.75, 3.05) is 6.61 Å². The van der Waals surface area contributed by atoms with Crippen LogP contribution in [0.1, 0.15) is 35.2 Å². The lowest BCUT2D eigenvalue weighted by atomic mass is 9.72. The van der Waals surface area contributed by atoms with Gasteiger partial charge in [-0.1, -0.05) is 25.1 Å². The van der Waals surface area contributed by atoms with E-state index in [0.29, 0.717) is 6.61 Å². The molecule has 2 atom stereocenters. The molecule has 1 saturated carbocycles. The van der Waals surface area contributed by atoms with Gasteiger partial charge in [0.05, 0.1) is 17.6 Å². The highest BCUT2D eigenvalue weighted by Gasteiger charge is 2.56. The fourth-order valence-corrected chi connectivity index (χ4v) is 3.47. The summed E-state index contributed by atoms with van der Waals surface area (Å²) in [4.78, 5) is 23.1. The van der Waals surface area contributed by atoms with Gasteiger partial charge in [-0.3, -0.25) is 4.79 Å². The lowest BCUT2D eigenvalue weighted by Gasteiger charge is -2.27. The van der Waals surface area contributed by atoms with Crippen LogP contribution in [0.25, 0.3) is 5.57 Å². The van der Waals surface area contributed by atoms with E-state index in [0.717, 1.165) is 30.4 Å². The van der Waals surface area contributed by atoms with E-state index in [9.17, 15) is 9.59 Å². The minimum atomic E-state index is -0.959. The van der Waals surface area contributed by atoms with Crippen LogP contribution in [0.3, 0.4) is 0 Å². The smallest absolute Gasteiger partial charge is 0.335 e. The predicted octanol–water partition coefficient (Wildman–Crippen LogP) is 2.74. The zero-order valence-corrected chi connectivity index (χ0v) is 11.1. The molecule has 2 unspecified atom stereocenters. The molecule has 1 aliphatic heterocycles. The summed E-state index contributed by atoms with van der Waals surface area (Å²) in [5.74, 6) is -0.923. The number of carbonyl (C=O) groups is 2. The van der Waals surface area contributed by atoms with E-state index in [1.807, 2.05) is 0 Å². The number of carbonyl (C=O) groups excluding carboxylic acids is 1. The number of aromatic carboxylic acids is 1. The van der Waals surface area contributed by atoms with E-state index in [1.54, 1.807) is 24.3 Å². The monoisotopic (exact) mass is 272 g/mol. The molecule has 4 heteroatoms. The number of ether oxygens (including phenoxy) is 1. The molecule has 1 saturated heterocycles. The molecule has 2 fully saturated rings. The number of esters is 1. The van der Waals surface area contributed by atoms with Crippen LogP contribution in [0.5, 0.6) is 0 Å². The molecule has 0 radical (unpaired) electrons. The van der Waals surface area contributed by atoms with Gasteiger partial charge < -0.3 is 9.84 Å². The van der Waals surface area contributed by atoms with Gasteiger partial charge in [0.1, 0.15) is 0 Å². The Bertz CT molecular complexity index is 587. The van der Waals surface area contributed by atoms with E-state index < -0.39 is 11.4 Å². The molecule has 1 N–H and O–H groups in total. The number of carboxylic acids is 1. The summed E-state index contributed by atoms with van der Waals surface area (Å²) in [6.07, 6.45) is 2.76. The molecule has 0 amide bonds. The Labute approximate surface area is 117 Å². The molecule has 1 aliphatic carbocycles. The van der Waals surface area contributed by atoms with Crippen molar-refractivity contribution in [2.24, 2.45) is 11.3 Å². The molecule has 3 rings (SSSR count). The highest BCUT2D eigenvalue weighted by atomic mass is 16.5. The van der Waals surface area contributed by atoms with Crippen LogP contribution in [0, 0.1) is 11.3 Å². The number of cyclic esters (lactones) is 1. The first-order valence-corrected chi connectivity index (χ1v) is 6.76. The van der Waals surface area contributed by atoms with E-state index in [2.05, 4.69) is 6.58 Å². The van der Waals surface area contributed by atoms with Crippen molar-refractivity contribution in [1.29, 1.82) is 0 Å². The number of fused-ring (bicyclic) bond motifs is 1. The van der Waals surface area contributed by atoms with Crippen LogP contribution in [0.4, 0.5) is 0 Å². The summed E-state index contributed by atoms with van der Waals surface area (Å²) in [5.41, 5.74) is 1.22. The van der Waals surface area contributed by atoms with Gasteiger partial charge in [0.25, 0.3) is 0 Å². The third kappa shape index (κ3) is 1.68.